The fourth-order valence-corrected chi connectivity index (χ4v) is 6.17. The van der Waals surface area contributed by atoms with Crippen molar-refractivity contribution in [3.8, 4) is 23.0 Å². The lowest BCUT2D eigenvalue weighted by atomic mass is 10.0. The van der Waals surface area contributed by atoms with Gasteiger partial charge in [-0.1, -0.05) is 43.6 Å². The van der Waals surface area contributed by atoms with Crippen molar-refractivity contribution in [1.82, 2.24) is 19.6 Å². The number of fused-ring (bicyclic) bond motifs is 1. The van der Waals surface area contributed by atoms with Crippen molar-refractivity contribution in [2.75, 3.05) is 13.3 Å². The van der Waals surface area contributed by atoms with Crippen molar-refractivity contribution >= 4 is 31.7 Å². The molecule has 2 aliphatic rings. The van der Waals surface area contributed by atoms with E-state index in [9.17, 15) is 19.2 Å². The van der Waals surface area contributed by atoms with Gasteiger partial charge in [-0.25, -0.2) is 0 Å². The first kappa shape index (κ1) is 31.9. The van der Waals surface area contributed by atoms with Gasteiger partial charge in [0.15, 0.2) is 0 Å². The summed E-state index contributed by atoms with van der Waals surface area (Å²) >= 11 is 0. The molecule has 0 spiro atoms. The lowest BCUT2D eigenvalue weighted by molar-refractivity contribution is -0.158. The fourth-order valence-electron chi connectivity index (χ4n) is 5.41. The van der Waals surface area contributed by atoms with Gasteiger partial charge in [-0.15, -0.1) is 0 Å². The Morgan fingerprint density at radius 1 is 1.09 bits per heavy atom. The zero-order valence-electron chi connectivity index (χ0n) is 26.0. The van der Waals surface area contributed by atoms with Crippen LogP contribution >= 0.6 is 0 Å². The first-order chi connectivity index (χ1) is 21.5. The number of ether oxygens (including phenoxy) is 1. The van der Waals surface area contributed by atoms with Gasteiger partial charge in [0.1, 0.15) is 12.8 Å². The maximum atomic E-state index is 13.3. The quantitative estimate of drug-likeness (QED) is 0.147. The Kier molecular flexibility index (Phi) is 9.65. The molecule has 4 amide bonds. The van der Waals surface area contributed by atoms with E-state index in [4.69, 9.17) is 10.5 Å². The molecule has 1 aromatic heterocycles. The van der Waals surface area contributed by atoms with Crippen LogP contribution in [0.15, 0.2) is 54.9 Å². The van der Waals surface area contributed by atoms with E-state index in [0.717, 1.165) is 39.6 Å². The number of unbranched alkanes of at least 4 members (excludes halogenated alkanes) is 1. The molecule has 2 aliphatic heterocycles. The first-order valence-corrected chi connectivity index (χ1v) is 19.0. The summed E-state index contributed by atoms with van der Waals surface area (Å²) < 4.78 is 7.57. The van der Waals surface area contributed by atoms with Crippen LogP contribution in [0.3, 0.4) is 0 Å². The SMILES string of the molecule is C[Si](C)(C)CCOCN1C(=O)CCC(N2Cc3cc(C#CCCCn4cc(-c5ccc(C(N)=O)cc5)cn4)ccc3C2=O)C1=O. The zero-order valence-corrected chi connectivity index (χ0v) is 27.0. The number of likely N-dealkylation sites (tertiary alicyclic amines) is 1. The number of rotatable bonds is 11. The van der Waals surface area contributed by atoms with Gasteiger partial charge in [0.2, 0.25) is 11.8 Å². The van der Waals surface area contributed by atoms with Crippen LogP contribution in [0.25, 0.3) is 11.1 Å². The monoisotopic (exact) mass is 625 g/mol. The summed E-state index contributed by atoms with van der Waals surface area (Å²) in [5.41, 5.74) is 9.92. The maximum Gasteiger partial charge on any atom is 0.255 e. The Hall–Kier alpha value is -4.53. The van der Waals surface area contributed by atoms with Crippen molar-refractivity contribution in [1.29, 1.82) is 0 Å². The van der Waals surface area contributed by atoms with Gasteiger partial charge in [-0.05, 0) is 60.3 Å². The number of nitrogens with two attached hydrogens (primary N) is 1. The normalized spacial score (nSPS) is 16.5. The second-order valence-electron chi connectivity index (χ2n) is 12.7. The number of benzene rings is 2. The fraction of sp³-hybridized carbons (Fsp3) is 0.382. The van der Waals surface area contributed by atoms with Gasteiger partial charge in [0.25, 0.3) is 11.8 Å². The van der Waals surface area contributed by atoms with E-state index < -0.39 is 20.0 Å². The van der Waals surface area contributed by atoms with Crippen LogP contribution < -0.4 is 5.73 Å². The number of hydrogen-bond acceptors (Lipinski definition) is 6. The number of primary amides is 1. The lowest BCUT2D eigenvalue weighted by Crippen LogP contribution is -2.55. The maximum absolute atomic E-state index is 13.3. The smallest absolute Gasteiger partial charge is 0.255 e. The number of imide groups is 1. The van der Waals surface area contributed by atoms with Crippen LogP contribution in [0.4, 0.5) is 0 Å². The Morgan fingerprint density at radius 2 is 1.87 bits per heavy atom. The Balaban J connectivity index is 1.13. The second-order valence-corrected chi connectivity index (χ2v) is 18.3. The molecule has 2 aromatic carbocycles. The second kappa shape index (κ2) is 13.6. The third-order valence-electron chi connectivity index (χ3n) is 8.07. The molecule has 1 fully saturated rings. The molecule has 2 N–H and O–H groups in total. The number of aryl methyl sites for hydroxylation is 1. The molecule has 234 valence electrons. The molecule has 45 heavy (non-hydrogen) atoms. The standard InChI is InChI=1S/C34H39N5O5Si/c1-45(2,3)18-17-44-23-39-31(40)15-14-30(34(39)43)38-22-27-19-24(8-13-29(27)33(38)42)7-5-4-6-16-37-21-28(20-36-37)25-9-11-26(12-10-25)32(35)41/h8-13,19-21,30H,4,6,14-18,22-23H2,1-3H3,(H2,35,41). The van der Waals surface area contributed by atoms with Gasteiger partial charge < -0.3 is 15.4 Å². The van der Waals surface area contributed by atoms with E-state index in [1.165, 1.54) is 0 Å². The van der Waals surface area contributed by atoms with Crippen LogP contribution in [0.1, 0.15) is 57.5 Å². The summed E-state index contributed by atoms with van der Waals surface area (Å²) in [6, 6.07) is 12.9. The molecule has 5 rings (SSSR count). The highest BCUT2D eigenvalue weighted by Gasteiger charge is 2.42. The highest BCUT2D eigenvalue weighted by molar-refractivity contribution is 6.76. The minimum absolute atomic E-state index is 0.0683. The summed E-state index contributed by atoms with van der Waals surface area (Å²) in [6.45, 7) is 8.19. The summed E-state index contributed by atoms with van der Waals surface area (Å²) in [7, 11) is -1.29. The number of amides is 4. The number of carbonyl (C=O) groups is 4. The molecule has 0 bridgehead atoms. The molecule has 1 saturated heterocycles. The molecule has 3 aromatic rings. The Bertz CT molecular complexity index is 1660. The number of piperidine rings is 1. The largest absolute Gasteiger partial charge is 0.366 e. The predicted octanol–water partition coefficient (Wildman–Crippen LogP) is 4.27. The van der Waals surface area contributed by atoms with Crippen LogP contribution in [0.2, 0.25) is 25.7 Å². The molecular weight excluding hydrogens is 586 g/mol. The number of carbonyl (C=O) groups excluding carboxylic acids is 4. The van der Waals surface area contributed by atoms with Crippen molar-refractivity contribution in [3.63, 3.8) is 0 Å². The number of nitrogens with zero attached hydrogens (tertiary/aromatic N) is 4. The minimum atomic E-state index is -1.29. The van der Waals surface area contributed by atoms with E-state index >= 15 is 0 Å². The van der Waals surface area contributed by atoms with Crippen LogP contribution in [-0.2, 0) is 27.4 Å². The van der Waals surface area contributed by atoms with Gasteiger partial charge in [0.05, 0.1) is 6.20 Å². The summed E-state index contributed by atoms with van der Waals surface area (Å²) in [5, 5.41) is 4.43. The van der Waals surface area contributed by atoms with E-state index in [1.807, 2.05) is 35.1 Å². The third kappa shape index (κ3) is 7.77. The summed E-state index contributed by atoms with van der Waals surface area (Å²) in [6.07, 6.45) is 5.75. The predicted molar refractivity (Wildman–Crippen MR) is 172 cm³/mol. The molecule has 10 nitrogen and oxygen atoms in total. The van der Waals surface area contributed by atoms with Gasteiger partial charge >= 0.3 is 0 Å². The molecule has 3 heterocycles. The topological polar surface area (TPSA) is 128 Å². The Labute approximate surface area is 264 Å². The van der Waals surface area contributed by atoms with Gasteiger partial charge in [-0.3, -0.25) is 28.8 Å². The average Bonchev–Trinajstić information content (AvgIpc) is 3.60. The van der Waals surface area contributed by atoms with Crippen molar-refractivity contribution in [2.45, 2.75) is 70.5 Å². The summed E-state index contributed by atoms with van der Waals surface area (Å²) in [4.78, 5) is 53.1. The lowest BCUT2D eigenvalue weighted by Gasteiger charge is -2.35. The van der Waals surface area contributed by atoms with E-state index in [1.54, 1.807) is 29.3 Å². The van der Waals surface area contributed by atoms with E-state index in [-0.39, 0.29) is 30.9 Å². The van der Waals surface area contributed by atoms with Crippen molar-refractivity contribution < 1.29 is 23.9 Å². The average molecular weight is 626 g/mol. The molecule has 0 saturated carbocycles. The first-order valence-electron chi connectivity index (χ1n) is 15.3. The van der Waals surface area contributed by atoms with E-state index in [0.29, 0.717) is 43.7 Å². The van der Waals surface area contributed by atoms with Gasteiger partial charge in [-0.2, -0.15) is 5.10 Å². The summed E-state index contributed by atoms with van der Waals surface area (Å²) in [5.74, 6) is 5.13. The molecule has 0 aliphatic carbocycles. The minimum Gasteiger partial charge on any atom is -0.366 e. The number of hydrogen-bond donors (Lipinski definition) is 1. The molecule has 1 unspecified atom stereocenters. The number of aromatic nitrogens is 2. The molecule has 11 heteroatoms. The molecule has 1 atom stereocenters. The zero-order chi connectivity index (χ0) is 32.1. The van der Waals surface area contributed by atoms with Crippen LogP contribution in [0.5, 0.6) is 0 Å². The van der Waals surface area contributed by atoms with Crippen molar-refractivity contribution in [2.24, 2.45) is 5.73 Å². The molecule has 0 radical (unpaired) electrons. The van der Waals surface area contributed by atoms with Crippen molar-refractivity contribution in [3.05, 3.63) is 77.1 Å². The highest BCUT2D eigenvalue weighted by atomic mass is 28.3. The molecular formula is C34H39N5O5Si. The highest BCUT2D eigenvalue weighted by Crippen LogP contribution is 2.30. The third-order valence-corrected chi connectivity index (χ3v) is 9.78. The Morgan fingerprint density at radius 3 is 2.60 bits per heavy atom. The van der Waals surface area contributed by atoms with E-state index in [2.05, 4.69) is 36.6 Å². The van der Waals surface area contributed by atoms with Crippen LogP contribution in [0, 0.1) is 11.8 Å². The van der Waals surface area contributed by atoms with Crippen LogP contribution in [-0.4, -0.2) is 70.7 Å². The van der Waals surface area contributed by atoms with Gasteiger partial charge in [0, 0.05) is 69.1 Å².